The Kier molecular flexibility index (Phi) is 7.01. The van der Waals surface area contributed by atoms with Crippen LogP contribution >= 0.6 is 0 Å². The van der Waals surface area contributed by atoms with Crippen molar-refractivity contribution in [3.63, 3.8) is 0 Å². The van der Waals surface area contributed by atoms with Gasteiger partial charge < -0.3 is 15.0 Å². The third-order valence-electron chi connectivity index (χ3n) is 4.95. The second-order valence-electron chi connectivity index (χ2n) is 8.95. The van der Waals surface area contributed by atoms with Crippen molar-refractivity contribution in [2.45, 2.75) is 38.8 Å². The molecule has 0 aliphatic carbocycles. The summed E-state index contributed by atoms with van der Waals surface area (Å²) in [7, 11) is 4.08. The quantitative estimate of drug-likeness (QED) is 0.472. The first-order chi connectivity index (χ1) is 14.7. The molecule has 4 heteroatoms. The summed E-state index contributed by atoms with van der Waals surface area (Å²) in [6.45, 7) is 5.63. The molecule has 0 aliphatic rings. The summed E-state index contributed by atoms with van der Waals surface area (Å²) in [6, 6.07) is 26.7. The third-order valence-corrected chi connectivity index (χ3v) is 4.95. The molecule has 0 aliphatic heterocycles. The number of hydrogen-bond donors (Lipinski definition) is 1. The van der Waals surface area contributed by atoms with Crippen LogP contribution in [0.5, 0.6) is 0 Å². The summed E-state index contributed by atoms with van der Waals surface area (Å²) in [5.74, 6) is -0.294. The first-order valence-electron chi connectivity index (χ1n) is 10.6. The van der Waals surface area contributed by atoms with Crippen molar-refractivity contribution in [3.05, 3.63) is 95.6 Å². The van der Waals surface area contributed by atoms with Gasteiger partial charge in [-0.2, -0.15) is 0 Å². The van der Waals surface area contributed by atoms with E-state index in [1.165, 1.54) is 11.3 Å². The monoisotopic (exact) mass is 416 g/mol. The maximum atomic E-state index is 12.3. The number of nitrogens with zero attached hydrogens (tertiary/aromatic N) is 1. The predicted octanol–water partition coefficient (Wildman–Crippen LogP) is 6.10. The van der Waals surface area contributed by atoms with Crippen LogP contribution in [0.4, 0.5) is 11.4 Å². The summed E-state index contributed by atoms with van der Waals surface area (Å²) in [4.78, 5) is 14.4. The Morgan fingerprint density at radius 2 is 1.52 bits per heavy atom. The number of benzene rings is 3. The molecule has 0 bridgehead atoms. The van der Waals surface area contributed by atoms with Gasteiger partial charge in [-0.05, 0) is 74.7 Å². The Balaban J connectivity index is 1.77. The second kappa shape index (κ2) is 9.69. The average Bonchev–Trinajstić information content (AvgIpc) is 2.73. The van der Waals surface area contributed by atoms with Gasteiger partial charge in [0.25, 0.3) is 0 Å². The highest BCUT2D eigenvalue weighted by atomic mass is 16.6. The smallest absolute Gasteiger partial charge is 0.338 e. The van der Waals surface area contributed by atoms with E-state index in [-0.39, 0.29) is 12.0 Å². The molecule has 0 saturated carbocycles. The zero-order valence-corrected chi connectivity index (χ0v) is 19.1. The molecule has 0 fully saturated rings. The van der Waals surface area contributed by atoms with Crippen LogP contribution in [0.25, 0.3) is 0 Å². The van der Waals surface area contributed by atoms with E-state index in [1.54, 1.807) is 0 Å². The average molecular weight is 417 g/mol. The Labute approximate surface area is 185 Å². The van der Waals surface area contributed by atoms with Gasteiger partial charge in [-0.1, -0.05) is 42.5 Å². The standard InChI is InChI=1S/C27H32N2O2/c1-27(2,3)31-26(30)22-13-11-20(12-14-22)19-25(21-9-7-6-8-10-21)28-23-15-17-24(18-16-23)29(4)5/h6-18,25,28H,19H2,1-5H3. The SMILES string of the molecule is CN(C)c1ccc(NC(Cc2ccc(C(=O)OC(C)(C)C)cc2)c2ccccc2)cc1. The Morgan fingerprint density at radius 3 is 2.06 bits per heavy atom. The van der Waals surface area contributed by atoms with Gasteiger partial charge in [0, 0.05) is 25.5 Å². The van der Waals surface area contributed by atoms with Crippen LogP contribution in [0.3, 0.4) is 0 Å². The van der Waals surface area contributed by atoms with E-state index >= 15 is 0 Å². The van der Waals surface area contributed by atoms with E-state index in [0.717, 1.165) is 17.7 Å². The minimum atomic E-state index is -0.500. The van der Waals surface area contributed by atoms with E-state index in [9.17, 15) is 4.79 Å². The first kappa shape index (κ1) is 22.4. The summed E-state index contributed by atoms with van der Waals surface area (Å²) in [5.41, 5.74) is 4.68. The van der Waals surface area contributed by atoms with E-state index in [4.69, 9.17) is 4.74 Å². The Hall–Kier alpha value is -3.27. The highest BCUT2D eigenvalue weighted by Crippen LogP contribution is 2.25. The van der Waals surface area contributed by atoms with Gasteiger partial charge in [0.05, 0.1) is 11.6 Å². The minimum absolute atomic E-state index is 0.110. The van der Waals surface area contributed by atoms with Gasteiger partial charge in [-0.25, -0.2) is 4.79 Å². The number of carbonyl (C=O) groups is 1. The lowest BCUT2D eigenvalue weighted by Crippen LogP contribution is -2.23. The molecule has 0 saturated heterocycles. The number of hydrogen-bond acceptors (Lipinski definition) is 4. The van der Waals surface area contributed by atoms with Crippen LogP contribution in [-0.2, 0) is 11.2 Å². The molecule has 31 heavy (non-hydrogen) atoms. The molecule has 0 radical (unpaired) electrons. The van der Waals surface area contributed by atoms with E-state index in [1.807, 2.05) is 65.2 Å². The predicted molar refractivity (Wildman–Crippen MR) is 129 cm³/mol. The lowest BCUT2D eigenvalue weighted by Gasteiger charge is -2.22. The van der Waals surface area contributed by atoms with E-state index in [0.29, 0.717) is 5.56 Å². The second-order valence-corrected chi connectivity index (χ2v) is 8.95. The zero-order valence-electron chi connectivity index (χ0n) is 19.1. The number of esters is 1. The molecule has 1 atom stereocenters. The number of nitrogens with one attached hydrogen (secondary N) is 1. The van der Waals surface area contributed by atoms with Crippen LogP contribution in [0.15, 0.2) is 78.9 Å². The molecule has 0 heterocycles. The van der Waals surface area contributed by atoms with Crippen LogP contribution in [0, 0.1) is 0 Å². The number of anilines is 2. The molecule has 3 aromatic rings. The van der Waals surface area contributed by atoms with Crippen LogP contribution in [0.2, 0.25) is 0 Å². The molecule has 0 aromatic heterocycles. The maximum Gasteiger partial charge on any atom is 0.338 e. The number of rotatable bonds is 7. The molecule has 0 spiro atoms. The Bertz CT molecular complexity index is 972. The van der Waals surface area contributed by atoms with Crippen LogP contribution < -0.4 is 10.2 Å². The molecule has 162 valence electrons. The van der Waals surface area contributed by atoms with Crippen molar-refractivity contribution >= 4 is 17.3 Å². The van der Waals surface area contributed by atoms with Gasteiger partial charge in [-0.3, -0.25) is 0 Å². The van der Waals surface area contributed by atoms with E-state index in [2.05, 4.69) is 58.7 Å². The van der Waals surface area contributed by atoms with Crippen molar-refractivity contribution in [2.24, 2.45) is 0 Å². The molecule has 4 nitrogen and oxygen atoms in total. The molecule has 0 amide bonds. The van der Waals surface area contributed by atoms with Gasteiger partial charge in [-0.15, -0.1) is 0 Å². The van der Waals surface area contributed by atoms with Crippen molar-refractivity contribution in [1.82, 2.24) is 0 Å². The molecular weight excluding hydrogens is 384 g/mol. The van der Waals surface area contributed by atoms with Crippen molar-refractivity contribution in [1.29, 1.82) is 0 Å². The van der Waals surface area contributed by atoms with Crippen LogP contribution in [0.1, 0.15) is 48.3 Å². The number of carbonyl (C=O) groups excluding carboxylic acids is 1. The third kappa shape index (κ3) is 6.61. The number of ether oxygens (including phenoxy) is 1. The lowest BCUT2D eigenvalue weighted by atomic mass is 9.97. The van der Waals surface area contributed by atoms with Crippen molar-refractivity contribution in [3.8, 4) is 0 Å². The first-order valence-corrected chi connectivity index (χ1v) is 10.6. The molecule has 1 unspecified atom stereocenters. The minimum Gasteiger partial charge on any atom is -0.456 e. The molecule has 1 N–H and O–H groups in total. The summed E-state index contributed by atoms with van der Waals surface area (Å²) < 4.78 is 5.46. The fraction of sp³-hybridized carbons (Fsp3) is 0.296. The topological polar surface area (TPSA) is 41.6 Å². The Morgan fingerprint density at radius 1 is 0.903 bits per heavy atom. The summed E-state index contributed by atoms with van der Waals surface area (Å²) >= 11 is 0. The summed E-state index contributed by atoms with van der Waals surface area (Å²) in [5, 5.41) is 3.67. The maximum absolute atomic E-state index is 12.3. The molecule has 3 rings (SSSR count). The fourth-order valence-corrected chi connectivity index (χ4v) is 3.34. The molecular formula is C27H32N2O2. The highest BCUT2D eigenvalue weighted by molar-refractivity contribution is 5.89. The normalized spacial score (nSPS) is 12.2. The highest BCUT2D eigenvalue weighted by Gasteiger charge is 2.18. The van der Waals surface area contributed by atoms with Crippen LogP contribution in [-0.4, -0.2) is 25.7 Å². The lowest BCUT2D eigenvalue weighted by molar-refractivity contribution is 0.00695. The van der Waals surface area contributed by atoms with Crippen molar-refractivity contribution in [2.75, 3.05) is 24.3 Å². The van der Waals surface area contributed by atoms with E-state index < -0.39 is 5.60 Å². The largest absolute Gasteiger partial charge is 0.456 e. The fourth-order valence-electron chi connectivity index (χ4n) is 3.34. The van der Waals surface area contributed by atoms with Gasteiger partial charge in [0.2, 0.25) is 0 Å². The van der Waals surface area contributed by atoms with Gasteiger partial charge in [0.15, 0.2) is 0 Å². The zero-order chi connectivity index (χ0) is 22.4. The summed E-state index contributed by atoms with van der Waals surface area (Å²) in [6.07, 6.45) is 0.800. The van der Waals surface area contributed by atoms with Crippen molar-refractivity contribution < 1.29 is 9.53 Å². The van der Waals surface area contributed by atoms with Gasteiger partial charge in [0.1, 0.15) is 5.60 Å². The molecule has 3 aromatic carbocycles. The van der Waals surface area contributed by atoms with Gasteiger partial charge >= 0.3 is 5.97 Å².